The summed E-state index contributed by atoms with van der Waals surface area (Å²) in [5.74, 6) is 0. The van der Waals surface area contributed by atoms with Gasteiger partial charge in [-0.3, -0.25) is 0 Å². The number of allylic oxidation sites excluding steroid dienone is 2. The van der Waals surface area contributed by atoms with Crippen LogP contribution in [0.5, 0.6) is 0 Å². The van der Waals surface area contributed by atoms with Crippen LogP contribution in [0.15, 0.2) is 24.8 Å². The first-order chi connectivity index (χ1) is 9.67. The molecule has 0 aromatic carbocycles. The number of imidazole rings is 1. The van der Waals surface area contributed by atoms with Gasteiger partial charge in [0.25, 0.3) is 0 Å². The van der Waals surface area contributed by atoms with Gasteiger partial charge in [0.05, 0.1) is 5.69 Å². The Bertz CT molecular complexity index is 481. The number of aromatic amines is 1. The minimum Gasteiger partial charge on any atom is -0.414 e. The number of rotatable bonds is 5. The van der Waals surface area contributed by atoms with E-state index in [2.05, 4.69) is 25.1 Å². The first kappa shape index (κ1) is 20.8. The monoisotopic (exact) mass is 296 g/mol. The first-order valence-corrected chi connectivity index (χ1v) is 7.43. The summed E-state index contributed by atoms with van der Waals surface area (Å²) < 4.78 is 2.08. The van der Waals surface area contributed by atoms with Crippen LogP contribution in [0.4, 0.5) is 0 Å². The van der Waals surface area contributed by atoms with Crippen molar-refractivity contribution in [1.29, 1.82) is 0 Å². The minimum atomic E-state index is 0.517. The second-order valence-electron chi connectivity index (χ2n) is 3.19. The fourth-order valence-electron chi connectivity index (χ4n) is 1.40. The number of nitrogens with one attached hydrogen (secondary N) is 1. The number of H-pyrrole nitrogens is 1. The van der Waals surface area contributed by atoms with Crippen molar-refractivity contribution in [3.05, 3.63) is 41.0 Å². The van der Waals surface area contributed by atoms with Crippen LogP contribution in [-0.4, -0.2) is 16.8 Å². The Morgan fingerprint density at radius 3 is 2.20 bits per heavy atom. The Balaban J connectivity index is 0. The summed E-state index contributed by atoms with van der Waals surface area (Å²) >= 11 is 5.13. The van der Waals surface area contributed by atoms with Gasteiger partial charge in [0.1, 0.15) is 12.8 Å². The van der Waals surface area contributed by atoms with Gasteiger partial charge in [0.15, 0.2) is 0 Å². The van der Waals surface area contributed by atoms with E-state index in [1.165, 1.54) is 0 Å². The van der Waals surface area contributed by atoms with Gasteiger partial charge in [-0.05, 0) is 36.4 Å². The lowest BCUT2D eigenvalue weighted by Crippen LogP contribution is -2.07. The number of hydrogen-bond acceptors (Lipinski definition) is 2. The zero-order valence-corrected chi connectivity index (χ0v) is 14.4. The van der Waals surface area contributed by atoms with Gasteiger partial charge in [-0.1, -0.05) is 53.9 Å². The van der Waals surface area contributed by atoms with Gasteiger partial charge in [0.2, 0.25) is 4.77 Å². The summed E-state index contributed by atoms with van der Waals surface area (Å²) in [5.41, 5.74) is 2.82. The Labute approximate surface area is 128 Å². The summed E-state index contributed by atoms with van der Waals surface area (Å²) in [7, 11) is 1.58. The maximum absolute atomic E-state index is 5.20. The van der Waals surface area contributed by atoms with Crippen LogP contribution in [0.1, 0.15) is 52.4 Å². The SMILES string of the molecule is C=C/C(=C\c1c(C=C)[nH]c(=S)n1OC)CC.CC.CC. The Hall–Kier alpha value is -1.55. The molecular weight excluding hydrogens is 268 g/mol. The maximum atomic E-state index is 5.20. The molecule has 0 aliphatic carbocycles. The van der Waals surface area contributed by atoms with Crippen LogP contribution in [0.3, 0.4) is 0 Å². The lowest BCUT2D eigenvalue weighted by molar-refractivity contribution is 0.161. The van der Waals surface area contributed by atoms with Crippen molar-refractivity contribution in [3.63, 3.8) is 0 Å². The molecule has 20 heavy (non-hydrogen) atoms. The average molecular weight is 296 g/mol. The third kappa shape index (κ3) is 5.61. The van der Waals surface area contributed by atoms with E-state index in [1.807, 2.05) is 39.8 Å². The lowest BCUT2D eigenvalue weighted by Gasteiger charge is -2.04. The van der Waals surface area contributed by atoms with Crippen LogP contribution in [-0.2, 0) is 0 Å². The maximum Gasteiger partial charge on any atom is 0.212 e. The van der Waals surface area contributed by atoms with Gasteiger partial charge in [0, 0.05) is 0 Å². The van der Waals surface area contributed by atoms with Crippen LogP contribution in [0.25, 0.3) is 12.2 Å². The van der Waals surface area contributed by atoms with Crippen molar-refractivity contribution in [2.45, 2.75) is 41.0 Å². The molecular formula is C16H28N2OS. The Morgan fingerprint density at radius 1 is 1.30 bits per heavy atom. The molecule has 1 N–H and O–H groups in total. The van der Waals surface area contributed by atoms with E-state index in [4.69, 9.17) is 17.1 Å². The zero-order chi connectivity index (χ0) is 16.1. The molecule has 0 saturated carbocycles. The molecule has 0 aliphatic rings. The van der Waals surface area contributed by atoms with Crippen LogP contribution in [0, 0.1) is 4.77 Å². The smallest absolute Gasteiger partial charge is 0.212 e. The van der Waals surface area contributed by atoms with Crippen molar-refractivity contribution in [3.8, 4) is 0 Å². The highest BCUT2D eigenvalue weighted by atomic mass is 32.1. The second-order valence-corrected chi connectivity index (χ2v) is 3.57. The van der Waals surface area contributed by atoms with E-state index in [1.54, 1.807) is 17.9 Å². The molecule has 0 saturated heterocycles. The molecule has 114 valence electrons. The lowest BCUT2D eigenvalue weighted by atomic mass is 10.1. The van der Waals surface area contributed by atoms with Crippen LogP contribution in [0.2, 0.25) is 0 Å². The number of nitrogens with zero attached hydrogens (tertiary/aromatic N) is 1. The van der Waals surface area contributed by atoms with E-state index in [-0.39, 0.29) is 0 Å². The average Bonchev–Trinajstić information content (AvgIpc) is 2.83. The molecule has 0 fully saturated rings. The van der Waals surface area contributed by atoms with E-state index in [9.17, 15) is 0 Å². The molecule has 0 unspecified atom stereocenters. The van der Waals surface area contributed by atoms with Gasteiger partial charge < -0.3 is 9.82 Å². The molecule has 0 aliphatic heterocycles. The molecule has 0 radical (unpaired) electrons. The topological polar surface area (TPSA) is 29.9 Å². The zero-order valence-electron chi connectivity index (χ0n) is 13.6. The fraction of sp³-hybridized carbons (Fsp3) is 0.438. The van der Waals surface area contributed by atoms with E-state index in [0.717, 1.165) is 23.4 Å². The highest BCUT2D eigenvalue weighted by Crippen LogP contribution is 2.16. The summed E-state index contributed by atoms with van der Waals surface area (Å²) in [4.78, 5) is 8.23. The standard InChI is InChI=1S/C12H16N2OS.2C2H6/c1-5-9(6-2)8-11-10(7-3)13-12(16)14(11)15-4;2*1-2/h5,7-8H,1,3,6H2,2,4H3,(H,13,16);2*1-2H3/b9-8+;;. The molecule has 0 atom stereocenters. The molecule has 1 aromatic rings. The van der Waals surface area contributed by atoms with E-state index in [0.29, 0.717) is 4.77 Å². The molecule has 0 bridgehead atoms. The van der Waals surface area contributed by atoms with Crippen molar-refractivity contribution >= 4 is 24.4 Å². The molecule has 1 heterocycles. The number of hydrogen-bond donors (Lipinski definition) is 1. The third-order valence-corrected chi connectivity index (χ3v) is 2.57. The second kappa shape index (κ2) is 12.5. The molecule has 1 rings (SSSR count). The quantitative estimate of drug-likeness (QED) is 0.592. The van der Waals surface area contributed by atoms with Crippen molar-refractivity contribution in [1.82, 2.24) is 9.71 Å². The predicted octanol–water partition coefficient (Wildman–Crippen LogP) is 5.28. The van der Waals surface area contributed by atoms with E-state index >= 15 is 0 Å². The molecule has 1 aromatic heterocycles. The molecule has 3 nitrogen and oxygen atoms in total. The van der Waals surface area contributed by atoms with Crippen LogP contribution >= 0.6 is 12.2 Å². The summed E-state index contributed by atoms with van der Waals surface area (Å²) in [6, 6.07) is 0. The van der Waals surface area contributed by atoms with Crippen molar-refractivity contribution in [2.24, 2.45) is 0 Å². The Kier molecular flexibility index (Phi) is 13.0. The Morgan fingerprint density at radius 2 is 1.85 bits per heavy atom. The third-order valence-electron chi connectivity index (χ3n) is 2.30. The predicted molar refractivity (Wildman–Crippen MR) is 93.4 cm³/mol. The summed E-state index contributed by atoms with van der Waals surface area (Å²) in [6.45, 7) is 17.6. The minimum absolute atomic E-state index is 0.517. The number of aromatic nitrogens is 2. The van der Waals surface area contributed by atoms with Crippen LogP contribution < -0.4 is 4.84 Å². The highest BCUT2D eigenvalue weighted by molar-refractivity contribution is 7.71. The van der Waals surface area contributed by atoms with Gasteiger partial charge in [-0.2, -0.15) is 4.73 Å². The summed E-state index contributed by atoms with van der Waals surface area (Å²) in [5, 5.41) is 0. The van der Waals surface area contributed by atoms with Crippen molar-refractivity contribution < 1.29 is 4.84 Å². The molecule has 0 amide bonds. The van der Waals surface area contributed by atoms with Crippen molar-refractivity contribution in [2.75, 3.05) is 7.11 Å². The normalized spacial score (nSPS) is 9.60. The fourth-order valence-corrected chi connectivity index (χ4v) is 1.69. The summed E-state index contributed by atoms with van der Waals surface area (Å²) in [6.07, 6.45) is 6.43. The molecule has 4 heteroatoms. The highest BCUT2D eigenvalue weighted by Gasteiger charge is 2.08. The van der Waals surface area contributed by atoms with E-state index < -0.39 is 0 Å². The van der Waals surface area contributed by atoms with Gasteiger partial charge in [-0.25, -0.2) is 0 Å². The first-order valence-electron chi connectivity index (χ1n) is 7.02. The largest absolute Gasteiger partial charge is 0.414 e. The molecule has 0 spiro atoms. The van der Waals surface area contributed by atoms with Gasteiger partial charge in [-0.15, -0.1) is 0 Å². The van der Waals surface area contributed by atoms with Gasteiger partial charge >= 0.3 is 0 Å².